The summed E-state index contributed by atoms with van der Waals surface area (Å²) in [4.78, 5) is 11.4. The number of rotatable bonds is 3. The van der Waals surface area contributed by atoms with E-state index in [2.05, 4.69) is 11.2 Å². The minimum absolute atomic E-state index is 0.0905. The molecule has 0 spiro atoms. The second kappa shape index (κ2) is 5.60. The maximum absolute atomic E-state index is 11.4. The predicted molar refractivity (Wildman–Crippen MR) is 56.7 cm³/mol. The van der Waals surface area contributed by atoms with Gasteiger partial charge in [0.05, 0.1) is 0 Å². The molecule has 0 radical (unpaired) electrons. The van der Waals surface area contributed by atoms with E-state index in [1.807, 2.05) is 18.2 Å². The van der Waals surface area contributed by atoms with Gasteiger partial charge in [-0.3, -0.25) is 4.79 Å². The third kappa shape index (κ3) is 3.16. The van der Waals surface area contributed by atoms with Crippen molar-refractivity contribution in [2.24, 2.45) is 0 Å². The molecule has 1 aromatic carbocycles. The highest BCUT2D eigenvalue weighted by molar-refractivity contribution is 5.94. The van der Waals surface area contributed by atoms with E-state index in [-0.39, 0.29) is 5.91 Å². The number of amides is 1. The van der Waals surface area contributed by atoms with Crippen molar-refractivity contribution in [3.05, 3.63) is 48.0 Å². The summed E-state index contributed by atoms with van der Waals surface area (Å²) < 4.78 is 0. The molecular formula is C12H11NO. The summed E-state index contributed by atoms with van der Waals surface area (Å²) in [7, 11) is 0. The third-order valence-corrected chi connectivity index (χ3v) is 1.63. The summed E-state index contributed by atoms with van der Waals surface area (Å²) in [6, 6.07) is 9.05. The third-order valence-electron chi connectivity index (χ3n) is 1.63. The fourth-order valence-electron chi connectivity index (χ4n) is 0.970. The molecule has 0 heterocycles. The van der Waals surface area contributed by atoms with E-state index in [9.17, 15) is 4.79 Å². The molecule has 1 N–H and O–H groups in total. The van der Waals surface area contributed by atoms with E-state index in [0.29, 0.717) is 12.1 Å². The number of allylic oxidation sites excluding steroid dienone is 1. The Morgan fingerprint density at radius 2 is 2.14 bits per heavy atom. The normalized spacial score (nSPS) is 9.64. The molecule has 0 aromatic heterocycles. The fourth-order valence-corrected chi connectivity index (χ4v) is 0.970. The molecule has 0 unspecified atom stereocenters. The number of carbonyl (C=O) groups is 1. The lowest BCUT2D eigenvalue weighted by Crippen LogP contribution is -2.23. The lowest BCUT2D eigenvalue weighted by molar-refractivity contribution is 0.0958. The summed E-state index contributed by atoms with van der Waals surface area (Å²) >= 11 is 0. The molecular weight excluding hydrogens is 174 g/mol. The highest BCUT2D eigenvalue weighted by atomic mass is 16.1. The number of hydrogen-bond acceptors (Lipinski definition) is 1. The van der Waals surface area contributed by atoms with Gasteiger partial charge < -0.3 is 5.32 Å². The molecule has 0 aliphatic heterocycles. The van der Waals surface area contributed by atoms with Crippen LogP contribution in [0, 0.1) is 12.3 Å². The molecule has 14 heavy (non-hydrogen) atoms. The number of benzene rings is 1. The maximum atomic E-state index is 11.4. The van der Waals surface area contributed by atoms with Crippen molar-refractivity contribution in [3.63, 3.8) is 0 Å². The van der Waals surface area contributed by atoms with Crippen LogP contribution in [0.15, 0.2) is 42.5 Å². The standard InChI is InChI=1S/C12H11NO/c1-2-3-7-10-13-12(14)11-8-5-4-6-9-11/h1,3-9H,10H2,(H,13,14)/b7-3+. The van der Waals surface area contributed by atoms with Crippen molar-refractivity contribution in [1.82, 2.24) is 5.32 Å². The molecule has 2 heteroatoms. The summed E-state index contributed by atoms with van der Waals surface area (Å²) in [6.45, 7) is 0.456. The largest absolute Gasteiger partial charge is 0.349 e. The monoisotopic (exact) mass is 185 g/mol. The van der Waals surface area contributed by atoms with E-state index >= 15 is 0 Å². The molecule has 0 bridgehead atoms. The minimum atomic E-state index is -0.0905. The summed E-state index contributed by atoms with van der Waals surface area (Å²) in [6.07, 6.45) is 8.29. The highest BCUT2D eigenvalue weighted by Crippen LogP contribution is 1.97. The zero-order chi connectivity index (χ0) is 10.2. The number of terminal acetylenes is 1. The molecule has 0 saturated carbocycles. The van der Waals surface area contributed by atoms with Gasteiger partial charge in [0.25, 0.3) is 5.91 Å². The van der Waals surface area contributed by atoms with E-state index < -0.39 is 0 Å². The van der Waals surface area contributed by atoms with Gasteiger partial charge in [0, 0.05) is 12.1 Å². The van der Waals surface area contributed by atoms with Gasteiger partial charge in [-0.25, -0.2) is 0 Å². The molecule has 0 aliphatic carbocycles. The van der Waals surface area contributed by atoms with Crippen LogP contribution in [0.3, 0.4) is 0 Å². The van der Waals surface area contributed by atoms with Crippen molar-refractivity contribution >= 4 is 5.91 Å². The van der Waals surface area contributed by atoms with Crippen LogP contribution in [0.5, 0.6) is 0 Å². The molecule has 0 aliphatic rings. The van der Waals surface area contributed by atoms with Gasteiger partial charge in [-0.2, -0.15) is 0 Å². The Morgan fingerprint density at radius 3 is 2.79 bits per heavy atom. The topological polar surface area (TPSA) is 29.1 Å². The molecule has 1 aromatic rings. The van der Waals surface area contributed by atoms with E-state index in [0.717, 1.165) is 0 Å². The first-order chi connectivity index (χ1) is 6.84. The molecule has 1 amide bonds. The van der Waals surface area contributed by atoms with Crippen LogP contribution in [-0.4, -0.2) is 12.5 Å². The Labute approximate surface area is 83.6 Å². The van der Waals surface area contributed by atoms with Crippen molar-refractivity contribution in [2.45, 2.75) is 0 Å². The van der Waals surface area contributed by atoms with Crippen molar-refractivity contribution in [3.8, 4) is 12.3 Å². The van der Waals surface area contributed by atoms with Gasteiger partial charge in [-0.05, 0) is 18.2 Å². The van der Waals surface area contributed by atoms with Crippen LogP contribution >= 0.6 is 0 Å². The Balaban J connectivity index is 2.45. The SMILES string of the molecule is C#C/C=C/CNC(=O)c1ccccc1. The number of nitrogens with one attached hydrogen (secondary N) is 1. The molecule has 2 nitrogen and oxygen atoms in total. The van der Waals surface area contributed by atoms with Crippen LogP contribution < -0.4 is 5.32 Å². The van der Waals surface area contributed by atoms with Crippen LogP contribution in [0.1, 0.15) is 10.4 Å². The maximum Gasteiger partial charge on any atom is 0.251 e. The van der Waals surface area contributed by atoms with Crippen molar-refractivity contribution in [1.29, 1.82) is 0 Å². The lowest BCUT2D eigenvalue weighted by Gasteiger charge is -2.00. The molecule has 0 fully saturated rings. The summed E-state index contributed by atoms with van der Waals surface area (Å²) in [5, 5.41) is 2.71. The highest BCUT2D eigenvalue weighted by Gasteiger charge is 2.00. The second-order valence-electron chi connectivity index (χ2n) is 2.65. The Morgan fingerprint density at radius 1 is 1.43 bits per heavy atom. The van der Waals surface area contributed by atoms with Crippen molar-refractivity contribution in [2.75, 3.05) is 6.54 Å². The van der Waals surface area contributed by atoms with Crippen LogP contribution in [0.25, 0.3) is 0 Å². The quantitative estimate of drug-likeness (QED) is 0.712. The lowest BCUT2D eigenvalue weighted by atomic mass is 10.2. The van der Waals surface area contributed by atoms with Gasteiger partial charge in [0.2, 0.25) is 0 Å². The first-order valence-electron chi connectivity index (χ1n) is 4.29. The van der Waals surface area contributed by atoms with Gasteiger partial charge in [-0.1, -0.05) is 30.2 Å². The Kier molecular flexibility index (Phi) is 4.03. The molecule has 0 atom stereocenters. The van der Waals surface area contributed by atoms with Crippen LogP contribution in [0.4, 0.5) is 0 Å². The smallest absolute Gasteiger partial charge is 0.251 e. The molecule has 0 saturated heterocycles. The predicted octanol–water partition coefficient (Wildman–Crippen LogP) is 1.61. The van der Waals surface area contributed by atoms with Gasteiger partial charge in [0.15, 0.2) is 0 Å². The van der Waals surface area contributed by atoms with Crippen LogP contribution in [-0.2, 0) is 0 Å². The Hall–Kier alpha value is -2.01. The van der Waals surface area contributed by atoms with E-state index in [1.165, 1.54) is 0 Å². The molecule has 70 valence electrons. The fraction of sp³-hybridized carbons (Fsp3) is 0.0833. The zero-order valence-electron chi connectivity index (χ0n) is 7.73. The number of hydrogen-bond donors (Lipinski definition) is 1. The minimum Gasteiger partial charge on any atom is -0.349 e. The van der Waals surface area contributed by atoms with E-state index in [4.69, 9.17) is 6.42 Å². The summed E-state index contributed by atoms with van der Waals surface area (Å²) in [5.41, 5.74) is 0.654. The van der Waals surface area contributed by atoms with Gasteiger partial charge in [-0.15, -0.1) is 6.42 Å². The van der Waals surface area contributed by atoms with Gasteiger partial charge in [0.1, 0.15) is 0 Å². The van der Waals surface area contributed by atoms with Crippen molar-refractivity contribution < 1.29 is 4.79 Å². The average Bonchev–Trinajstić information content (AvgIpc) is 2.25. The summed E-state index contributed by atoms with van der Waals surface area (Å²) in [5.74, 6) is 2.26. The second-order valence-corrected chi connectivity index (χ2v) is 2.65. The Bertz CT molecular complexity index is 360. The zero-order valence-corrected chi connectivity index (χ0v) is 7.73. The number of carbonyl (C=O) groups excluding carboxylic acids is 1. The van der Waals surface area contributed by atoms with Crippen LogP contribution in [0.2, 0.25) is 0 Å². The average molecular weight is 185 g/mol. The first-order valence-corrected chi connectivity index (χ1v) is 4.29. The molecule has 1 rings (SSSR count). The first kappa shape index (κ1) is 10.1. The van der Waals surface area contributed by atoms with E-state index in [1.54, 1.807) is 24.3 Å². The van der Waals surface area contributed by atoms with Gasteiger partial charge >= 0.3 is 0 Å².